The van der Waals surface area contributed by atoms with E-state index in [4.69, 9.17) is 5.11 Å². The van der Waals surface area contributed by atoms with Crippen LogP contribution in [-0.4, -0.2) is 10.0 Å². The molecule has 0 amide bonds. The third-order valence-corrected chi connectivity index (χ3v) is 0.983. The van der Waals surface area contributed by atoms with Crippen molar-refractivity contribution in [1.29, 1.82) is 0 Å². The van der Waals surface area contributed by atoms with Crippen LogP contribution in [0.25, 0.3) is 0 Å². The normalized spacial score (nSPS) is 9.70. The van der Waals surface area contributed by atoms with Gasteiger partial charge in [-0.15, -0.1) is 0 Å². The number of hydrogen-bond donors (Lipinski definition) is 1. The molecule has 1 rings (SSSR count). The topological polar surface area (TPSA) is 76.5 Å². The standard InChI is InChI=1S/C5H5NO4/c7-3-4-1-2-5(10-4)6(8)9/h1-2,7H,3H2. The van der Waals surface area contributed by atoms with Gasteiger partial charge in [-0.1, -0.05) is 0 Å². The summed E-state index contributed by atoms with van der Waals surface area (Å²) in [5.74, 6) is -0.143. The van der Waals surface area contributed by atoms with Crippen LogP contribution in [0.5, 0.6) is 0 Å². The van der Waals surface area contributed by atoms with Crippen molar-refractivity contribution in [3.63, 3.8) is 0 Å². The van der Waals surface area contributed by atoms with E-state index in [-0.39, 0.29) is 18.3 Å². The van der Waals surface area contributed by atoms with E-state index in [2.05, 4.69) is 4.42 Å². The van der Waals surface area contributed by atoms with Crippen LogP contribution in [0, 0.1) is 10.1 Å². The number of nitrogens with zero attached hydrogens (tertiary/aromatic N) is 1. The minimum atomic E-state index is -0.654. The van der Waals surface area contributed by atoms with Crippen molar-refractivity contribution >= 4 is 5.88 Å². The molecule has 0 atom stereocenters. The molecule has 0 unspecified atom stereocenters. The predicted molar refractivity (Wildman–Crippen MR) is 31.3 cm³/mol. The highest BCUT2D eigenvalue weighted by atomic mass is 16.6. The van der Waals surface area contributed by atoms with Crippen LogP contribution >= 0.6 is 0 Å². The van der Waals surface area contributed by atoms with Crippen molar-refractivity contribution in [2.75, 3.05) is 0 Å². The van der Waals surface area contributed by atoms with Crippen LogP contribution in [0.2, 0.25) is 0 Å². The second kappa shape index (κ2) is 2.49. The Morgan fingerprint density at radius 2 is 2.40 bits per heavy atom. The molecule has 0 radical (unpaired) electrons. The van der Waals surface area contributed by atoms with E-state index in [9.17, 15) is 10.1 Å². The molecule has 5 heteroatoms. The third-order valence-electron chi connectivity index (χ3n) is 0.983. The van der Waals surface area contributed by atoms with Crippen LogP contribution in [0.4, 0.5) is 5.88 Å². The number of aliphatic hydroxyl groups excluding tert-OH is 1. The Bertz CT molecular complexity index is 242. The molecule has 0 aliphatic heterocycles. The number of furan rings is 1. The molecule has 0 bridgehead atoms. The number of hydrogen-bond acceptors (Lipinski definition) is 4. The Labute approximate surface area is 56.0 Å². The van der Waals surface area contributed by atoms with Gasteiger partial charge in [0, 0.05) is 0 Å². The van der Waals surface area contributed by atoms with E-state index in [1.807, 2.05) is 0 Å². The van der Waals surface area contributed by atoms with Crippen LogP contribution in [0.3, 0.4) is 0 Å². The first kappa shape index (κ1) is 6.76. The first-order valence-corrected chi connectivity index (χ1v) is 2.58. The molecule has 0 aliphatic carbocycles. The van der Waals surface area contributed by atoms with E-state index in [0.29, 0.717) is 0 Å². The molecule has 0 fully saturated rings. The zero-order valence-corrected chi connectivity index (χ0v) is 4.98. The number of aliphatic hydroxyl groups is 1. The molecule has 0 aliphatic rings. The molecule has 1 aromatic rings. The highest BCUT2D eigenvalue weighted by Crippen LogP contribution is 2.14. The Morgan fingerprint density at radius 3 is 2.70 bits per heavy atom. The summed E-state index contributed by atoms with van der Waals surface area (Å²) >= 11 is 0. The molecule has 1 aromatic heterocycles. The quantitative estimate of drug-likeness (QED) is 0.487. The lowest BCUT2D eigenvalue weighted by molar-refractivity contribution is -0.402. The summed E-state index contributed by atoms with van der Waals surface area (Å²) in [4.78, 5) is 9.31. The van der Waals surface area contributed by atoms with Crippen molar-refractivity contribution in [3.05, 3.63) is 28.0 Å². The number of rotatable bonds is 2. The van der Waals surface area contributed by atoms with Crippen molar-refractivity contribution in [2.24, 2.45) is 0 Å². The second-order valence-electron chi connectivity index (χ2n) is 1.66. The average Bonchev–Trinajstić information content (AvgIpc) is 2.34. The van der Waals surface area contributed by atoms with Crippen LogP contribution < -0.4 is 0 Å². The SMILES string of the molecule is O=[N+]([O-])c1ccc(CO)o1. The lowest BCUT2D eigenvalue weighted by Gasteiger charge is -1.83. The maximum Gasteiger partial charge on any atom is 0.433 e. The molecule has 0 saturated heterocycles. The van der Waals surface area contributed by atoms with Gasteiger partial charge in [0.25, 0.3) is 0 Å². The van der Waals surface area contributed by atoms with Crippen LogP contribution in [-0.2, 0) is 6.61 Å². The van der Waals surface area contributed by atoms with Crippen LogP contribution in [0.1, 0.15) is 5.76 Å². The molecular formula is C5H5NO4. The highest BCUT2D eigenvalue weighted by molar-refractivity contribution is 5.17. The highest BCUT2D eigenvalue weighted by Gasteiger charge is 2.09. The Hall–Kier alpha value is -1.36. The lowest BCUT2D eigenvalue weighted by Crippen LogP contribution is -1.83. The van der Waals surface area contributed by atoms with Gasteiger partial charge in [0.15, 0.2) is 0 Å². The number of nitro groups is 1. The van der Waals surface area contributed by atoms with Gasteiger partial charge < -0.3 is 9.52 Å². The molecule has 1 N–H and O–H groups in total. The van der Waals surface area contributed by atoms with Gasteiger partial charge in [0.1, 0.15) is 17.3 Å². The average molecular weight is 143 g/mol. The zero-order chi connectivity index (χ0) is 7.56. The van der Waals surface area contributed by atoms with Gasteiger partial charge in [-0.25, -0.2) is 0 Å². The largest absolute Gasteiger partial charge is 0.433 e. The van der Waals surface area contributed by atoms with E-state index >= 15 is 0 Å². The van der Waals surface area contributed by atoms with Gasteiger partial charge >= 0.3 is 5.88 Å². The molecule has 54 valence electrons. The fourth-order valence-corrected chi connectivity index (χ4v) is 0.550. The van der Waals surface area contributed by atoms with Crippen LogP contribution in [0.15, 0.2) is 16.5 Å². The minimum Gasteiger partial charge on any atom is -0.403 e. The maximum atomic E-state index is 9.96. The third kappa shape index (κ3) is 1.14. The summed E-state index contributed by atoms with van der Waals surface area (Å²) in [5, 5.41) is 18.4. The summed E-state index contributed by atoms with van der Waals surface area (Å²) < 4.78 is 4.55. The molecule has 1 heterocycles. The monoisotopic (exact) mass is 143 g/mol. The molecule has 0 aromatic carbocycles. The van der Waals surface area contributed by atoms with E-state index in [0.717, 1.165) is 0 Å². The summed E-state index contributed by atoms with van der Waals surface area (Å²) in [6, 6.07) is 2.56. The Morgan fingerprint density at radius 1 is 1.70 bits per heavy atom. The van der Waals surface area contributed by atoms with E-state index in [1.165, 1.54) is 12.1 Å². The molecule has 0 spiro atoms. The first-order chi connectivity index (χ1) is 4.74. The fourth-order valence-electron chi connectivity index (χ4n) is 0.550. The molecular weight excluding hydrogens is 138 g/mol. The minimum absolute atomic E-state index is 0.201. The van der Waals surface area contributed by atoms with E-state index < -0.39 is 4.92 Å². The van der Waals surface area contributed by atoms with Gasteiger partial charge in [-0.05, 0) is 6.07 Å². The molecule has 10 heavy (non-hydrogen) atoms. The summed E-state index contributed by atoms with van der Waals surface area (Å²) in [6.07, 6.45) is 0. The summed E-state index contributed by atoms with van der Waals surface area (Å²) in [6.45, 7) is -0.312. The Balaban J connectivity index is 2.88. The fraction of sp³-hybridized carbons (Fsp3) is 0.200. The first-order valence-electron chi connectivity index (χ1n) is 2.58. The van der Waals surface area contributed by atoms with Crippen molar-refractivity contribution < 1.29 is 14.4 Å². The van der Waals surface area contributed by atoms with Crippen molar-refractivity contribution in [3.8, 4) is 0 Å². The van der Waals surface area contributed by atoms with Gasteiger partial charge in [0.05, 0.1) is 6.07 Å². The van der Waals surface area contributed by atoms with Crippen molar-refractivity contribution in [2.45, 2.75) is 6.61 Å². The van der Waals surface area contributed by atoms with Crippen molar-refractivity contribution in [1.82, 2.24) is 0 Å². The predicted octanol–water partition coefficient (Wildman–Crippen LogP) is 0.680. The smallest absolute Gasteiger partial charge is 0.403 e. The maximum absolute atomic E-state index is 9.96. The van der Waals surface area contributed by atoms with Gasteiger partial charge in [-0.3, -0.25) is 10.1 Å². The Kier molecular flexibility index (Phi) is 1.68. The second-order valence-corrected chi connectivity index (χ2v) is 1.66. The summed E-state index contributed by atoms with van der Waals surface area (Å²) in [7, 11) is 0. The summed E-state index contributed by atoms with van der Waals surface area (Å²) in [5.41, 5.74) is 0. The van der Waals surface area contributed by atoms with E-state index in [1.54, 1.807) is 0 Å². The van der Waals surface area contributed by atoms with Gasteiger partial charge in [0.2, 0.25) is 0 Å². The zero-order valence-electron chi connectivity index (χ0n) is 4.98. The molecule has 0 saturated carbocycles. The molecule has 5 nitrogen and oxygen atoms in total. The lowest BCUT2D eigenvalue weighted by atomic mass is 10.5. The van der Waals surface area contributed by atoms with Gasteiger partial charge in [-0.2, -0.15) is 0 Å².